The van der Waals surface area contributed by atoms with Crippen molar-refractivity contribution in [3.63, 3.8) is 0 Å². The highest BCUT2D eigenvalue weighted by atomic mass is 19.1. The minimum absolute atomic E-state index is 0.0415. The van der Waals surface area contributed by atoms with Crippen LogP contribution in [-0.4, -0.2) is 10.7 Å². The Morgan fingerprint density at radius 2 is 2.09 bits per heavy atom. The Bertz CT molecular complexity index is 834. The van der Waals surface area contributed by atoms with E-state index in [-0.39, 0.29) is 23.3 Å². The van der Waals surface area contributed by atoms with E-state index in [1.807, 2.05) is 13.8 Å². The Labute approximate surface area is 127 Å². The van der Waals surface area contributed by atoms with E-state index in [1.165, 1.54) is 4.68 Å². The Morgan fingerprint density at radius 3 is 2.73 bits per heavy atom. The third kappa shape index (κ3) is 2.06. The Kier molecular flexibility index (Phi) is 3.02. The van der Waals surface area contributed by atoms with Crippen LogP contribution >= 0.6 is 0 Å². The zero-order valence-corrected chi connectivity index (χ0v) is 12.9. The zero-order chi connectivity index (χ0) is 16.2. The van der Waals surface area contributed by atoms with Crippen molar-refractivity contribution in [2.75, 3.05) is 0 Å². The van der Waals surface area contributed by atoms with Crippen molar-refractivity contribution < 1.29 is 18.8 Å². The predicted molar refractivity (Wildman–Crippen MR) is 79.0 cm³/mol. The molecule has 0 spiro atoms. The highest BCUT2D eigenvalue weighted by Crippen LogP contribution is 2.36. The lowest BCUT2D eigenvalue weighted by Crippen LogP contribution is -2.39. The van der Waals surface area contributed by atoms with Gasteiger partial charge in [0, 0.05) is 0 Å². The smallest absolute Gasteiger partial charge is 0.312 e. The van der Waals surface area contributed by atoms with E-state index in [9.17, 15) is 14.4 Å². The second kappa shape index (κ2) is 4.56. The van der Waals surface area contributed by atoms with Crippen molar-refractivity contribution in [2.24, 2.45) is 12.5 Å². The van der Waals surface area contributed by atoms with Gasteiger partial charge in [-0.25, -0.2) is 4.39 Å². The molecule has 0 radical (unpaired) electrons. The average Bonchev–Trinajstić information content (AvgIpc) is 2.65. The van der Waals surface area contributed by atoms with Gasteiger partial charge in [-0.15, -0.1) is 4.68 Å². The Hall–Kier alpha value is -2.37. The van der Waals surface area contributed by atoms with E-state index in [4.69, 9.17) is 4.74 Å². The molecular weight excluding hydrogens is 287 g/mol. The molecule has 0 aliphatic carbocycles. The third-order valence-electron chi connectivity index (χ3n) is 3.94. The summed E-state index contributed by atoms with van der Waals surface area (Å²) in [7, 11) is 1.55. The van der Waals surface area contributed by atoms with Gasteiger partial charge < -0.3 is 9.94 Å². The minimum atomic E-state index is -0.474. The molecule has 1 aromatic heterocycles. The molecule has 0 fully saturated rings. The normalized spacial score (nSPS) is 17.5. The van der Waals surface area contributed by atoms with Crippen molar-refractivity contribution >= 4 is 22.6 Å². The van der Waals surface area contributed by atoms with Gasteiger partial charge in [0.05, 0.1) is 13.5 Å². The van der Waals surface area contributed by atoms with E-state index in [2.05, 4.69) is 0 Å². The summed E-state index contributed by atoms with van der Waals surface area (Å²) in [6.45, 7) is 5.37. The summed E-state index contributed by atoms with van der Waals surface area (Å²) in [6, 6.07) is 3.30. The number of cyclic esters (lactones) is 1. The second-order valence-corrected chi connectivity index (χ2v) is 6.38. The summed E-state index contributed by atoms with van der Waals surface area (Å²) in [5.74, 6) is -0.781. The molecule has 6 heteroatoms. The van der Waals surface area contributed by atoms with Crippen LogP contribution < -0.4 is 4.85 Å². The molecule has 0 bridgehead atoms. The van der Waals surface area contributed by atoms with E-state index in [0.717, 1.165) is 0 Å². The van der Waals surface area contributed by atoms with Crippen molar-refractivity contribution in [3.05, 3.63) is 40.5 Å². The SMILES string of the molecule is Cc1ccc2c(c1F)c(C1=CC(C)(C)CC(=O)O1)[n+]([O-])n2C. The maximum absolute atomic E-state index is 14.6. The molecule has 0 saturated carbocycles. The number of aryl methyl sites for hydroxylation is 2. The summed E-state index contributed by atoms with van der Waals surface area (Å²) < 4.78 is 21.1. The van der Waals surface area contributed by atoms with Crippen LogP contribution in [0.1, 0.15) is 31.5 Å². The first-order valence-corrected chi connectivity index (χ1v) is 7.02. The topological polar surface area (TPSA) is 58.2 Å². The van der Waals surface area contributed by atoms with Crippen molar-refractivity contribution in [1.29, 1.82) is 0 Å². The van der Waals surface area contributed by atoms with Crippen LogP contribution in [-0.2, 0) is 16.6 Å². The van der Waals surface area contributed by atoms with Gasteiger partial charge in [0.25, 0.3) is 5.69 Å². The van der Waals surface area contributed by atoms with Crippen molar-refractivity contribution in [1.82, 2.24) is 4.68 Å². The zero-order valence-electron chi connectivity index (χ0n) is 12.9. The molecule has 1 aliphatic rings. The molecule has 1 aromatic carbocycles. The van der Waals surface area contributed by atoms with Gasteiger partial charge in [0.15, 0.2) is 0 Å². The number of carbonyl (C=O) groups excluding carboxylic acids is 1. The number of nitrogens with zero attached hydrogens (tertiary/aromatic N) is 2. The summed E-state index contributed by atoms with van der Waals surface area (Å²) in [5.41, 5.74) is 0.482. The third-order valence-corrected chi connectivity index (χ3v) is 3.94. The molecule has 5 nitrogen and oxygen atoms in total. The molecule has 116 valence electrons. The van der Waals surface area contributed by atoms with Crippen LogP contribution in [0.3, 0.4) is 0 Å². The highest BCUT2D eigenvalue weighted by Gasteiger charge is 2.35. The van der Waals surface area contributed by atoms with Crippen molar-refractivity contribution in [2.45, 2.75) is 27.2 Å². The largest absolute Gasteiger partial charge is 0.595 e. The summed E-state index contributed by atoms with van der Waals surface area (Å²) in [4.78, 5) is 12.4. The molecular formula is C16H17FN2O3. The van der Waals surface area contributed by atoms with Crippen LogP contribution in [0, 0.1) is 23.4 Å². The Morgan fingerprint density at radius 1 is 1.41 bits per heavy atom. The Balaban J connectivity index is 2.36. The standard InChI is InChI=1S/C16H17FN2O3/c1-9-5-6-10-13(14(9)17)15(19(21)18(10)4)11-7-16(2,3)8-12(20)22-11/h5-7H,8H2,1-4H3. The molecule has 3 rings (SSSR count). The first kappa shape index (κ1) is 14.6. The number of ether oxygens (including phenoxy) is 1. The van der Waals surface area contributed by atoms with Gasteiger partial charge in [-0.3, -0.25) is 4.79 Å². The van der Waals surface area contributed by atoms with E-state index >= 15 is 0 Å². The molecule has 0 unspecified atom stereocenters. The van der Waals surface area contributed by atoms with Crippen LogP contribution in [0.25, 0.3) is 16.7 Å². The molecule has 0 amide bonds. The van der Waals surface area contributed by atoms with Crippen LogP contribution in [0.4, 0.5) is 4.39 Å². The molecule has 2 aromatic rings. The van der Waals surface area contributed by atoms with E-state index in [1.54, 1.807) is 32.2 Å². The number of hydrogen-bond acceptors (Lipinski definition) is 3. The molecule has 0 atom stereocenters. The number of fused-ring (bicyclic) bond motifs is 1. The molecule has 0 N–H and O–H groups in total. The van der Waals surface area contributed by atoms with Gasteiger partial charge in [0.2, 0.25) is 5.76 Å². The first-order valence-electron chi connectivity index (χ1n) is 7.02. The van der Waals surface area contributed by atoms with Crippen LogP contribution in [0.15, 0.2) is 18.2 Å². The first-order chi connectivity index (χ1) is 10.2. The maximum atomic E-state index is 14.6. The predicted octanol–water partition coefficient (Wildman–Crippen LogP) is 2.57. The lowest BCUT2D eigenvalue weighted by molar-refractivity contribution is -0.691. The lowest BCUT2D eigenvalue weighted by atomic mass is 9.86. The van der Waals surface area contributed by atoms with Gasteiger partial charge in [-0.05, 0) is 30.0 Å². The lowest BCUT2D eigenvalue weighted by Gasteiger charge is -2.24. The van der Waals surface area contributed by atoms with Gasteiger partial charge in [0.1, 0.15) is 16.7 Å². The molecule has 2 heterocycles. The van der Waals surface area contributed by atoms with Gasteiger partial charge in [-0.1, -0.05) is 24.8 Å². The quantitative estimate of drug-likeness (QED) is 0.462. The highest BCUT2D eigenvalue weighted by molar-refractivity contribution is 5.92. The summed E-state index contributed by atoms with van der Waals surface area (Å²) >= 11 is 0. The molecule has 1 aliphatic heterocycles. The number of halogens is 1. The number of aromatic nitrogens is 2. The number of rotatable bonds is 1. The van der Waals surface area contributed by atoms with E-state index in [0.29, 0.717) is 15.9 Å². The van der Waals surface area contributed by atoms with Crippen LogP contribution in [0.2, 0.25) is 0 Å². The fraction of sp³-hybridized carbons (Fsp3) is 0.375. The number of esters is 1. The fourth-order valence-corrected chi connectivity index (χ4v) is 2.81. The monoisotopic (exact) mass is 304 g/mol. The summed E-state index contributed by atoms with van der Waals surface area (Å²) in [6.07, 6.45) is 1.93. The summed E-state index contributed by atoms with van der Waals surface area (Å²) in [5, 5.41) is 12.6. The van der Waals surface area contributed by atoms with Crippen molar-refractivity contribution in [3.8, 4) is 0 Å². The van der Waals surface area contributed by atoms with Gasteiger partial charge in [-0.2, -0.15) is 0 Å². The fourth-order valence-electron chi connectivity index (χ4n) is 2.81. The second-order valence-electron chi connectivity index (χ2n) is 6.38. The van der Waals surface area contributed by atoms with E-state index < -0.39 is 17.2 Å². The molecule has 22 heavy (non-hydrogen) atoms. The van der Waals surface area contributed by atoms with Gasteiger partial charge >= 0.3 is 5.97 Å². The maximum Gasteiger partial charge on any atom is 0.312 e. The average molecular weight is 304 g/mol. The number of carbonyl (C=O) groups is 1. The number of benzene rings is 1. The van der Waals surface area contributed by atoms with Crippen LogP contribution in [0.5, 0.6) is 0 Å². The molecule has 0 saturated heterocycles. The number of hydrogen-bond donors (Lipinski definition) is 0. The minimum Gasteiger partial charge on any atom is -0.595 e. The number of allylic oxidation sites excluding steroid dienone is 1.